The first-order valence-electron chi connectivity index (χ1n) is 4.68. The summed E-state index contributed by atoms with van der Waals surface area (Å²) in [5.41, 5.74) is 1.42. The average Bonchev–Trinajstić information content (AvgIpc) is 2.02. The second-order valence-electron chi connectivity index (χ2n) is 3.17. The number of unbranched alkanes of at least 4 members (excludes halogenated alkanes) is 2. The highest BCUT2D eigenvalue weighted by molar-refractivity contribution is 5.01. The van der Waals surface area contributed by atoms with Crippen molar-refractivity contribution in [2.45, 2.75) is 40.0 Å². The third-order valence-corrected chi connectivity index (χ3v) is 1.57. The van der Waals surface area contributed by atoms with Gasteiger partial charge in [0.2, 0.25) is 0 Å². The first kappa shape index (κ1) is 11.2. The molecule has 0 aromatic rings. The Morgan fingerprint density at radius 3 is 2.42 bits per heavy atom. The van der Waals surface area contributed by atoms with Gasteiger partial charge in [0.05, 0.1) is 0 Å². The topological polar surface area (TPSA) is 0 Å². The third-order valence-electron chi connectivity index (χ3n) is 1.57. The van der Waals surface area contributed by atoms with Crippen molar-refractivity contribution in [3.05, 3.63) is 36.0 Å². The molecule has 0 aromatic carbocycles. The average molecular weight is 164 g/mol. The largest absolute Gasteiger partial charge is 0.0877 e. The maximum absolute atomic E-state index is 2.30. The van der Waals surface area contributed by atoms with Gasteiger partial charge in [-0.1, -0.05) is 36.0 Å². The molecule has 0 saturated carbocycles. The van der Waals surface area contributed by atoms with Gasteiger partial charge < -0.3 is 0 Å². The van der Waals surface area contributed by atoms with Crippen molar-refractivity contribution in [2.24, 2.45) is 0 Å². The zero-order valence-corrected chi connectivity index (χ0v) is 8.51. The summed E-state index contributed by atoms with van der Waals surface area (Å²) in [6.07, 6.45) is 14.4. The van der Waals surface area contributed by atoms with Crippen molar-refractivity contribution in [1.82, 2.24) is 0 Å². The van der Waals surface area contributed by atoms with Crippen LogP contribution in [0.2, 0.25) is 0 Å². The van der Waals surface area contributed by atoms with Crippen LogP contribution in [0.15, 0.2) is 36.0 Å². The van der Waals surface area contributed by atoms with Gasteiger partial charge in [-0.3, -0.25) is 0 Å². The monoisotopic (exact) mass is 164 g/mol. The van der Waals surface area contributed by atoms with E-state index in [0.29, 0.717) is 0 Å². The second-order valence-corrected chi connectivity index (χ2v) is 3.17. The molecule has 0 unspecified atom stereocenters. The zero-order chi connectivity index (χ0) is 9.23. The predicted octanol–water partition coefficient (Wildman–Crippen LogP) is 4.26. The molecular weight excluding hydrogens is 144 g/mol. The first-order chi connectivity index (χ1) is 5.77. The van der Waals surface area contributed by atoms with Crippen molar-refractivity contribution in [3.8, 4) is 0 Å². The minimum atomic E-state index is 1.19. The fraction of sp³-hybridized carbons (Fsp3) is 0.500. The van der Waals surface area contributed by atoms with Crippen molar-refractivity contribution in [2.75, 3.05) is 0 Å². The molecule has 0 aliphatic rings. The third kappa shape index (κ3) is 9.22. The van der Waals surface area contributed by atoms with Crippen LogP contribution in [0.3, 0.4) is 0 Å². The standard InChI is InChI=1S/C12H20/c1-4-5-6-7-8-9-10-11-12(2)3/h4-7,11H,8-10H2,1-3H3/b5-4+,7-6+. The Hall–Kier alpha value is -0.780. The lowest BCUT2D eigenvalue weighted by molar-refractivity contribution is 0.862. The highest BCUT2D eigenvalue weighted by atomic mass is 13.9. The summed E-state index contributed by atoms with van der Waals surface area (Å²) in [6.45, 7) is 6.33. The molecule has 0 rings (SSSR count). The Morgan fingerprint density at radius 2 is 1.83 bits per heavy atom. The Morgan fingerprint density at radius 1 is 1.08 bits per heavy atom. The molecule has 0 atom stereocenters. The summed E-state index contributed by atoms with van der Waals surface area (Å²) >= 11 is 0. The van der Waals surface area contributed by atoms with Crippen LogP contribution in [-0.2, 0) is 0 Å². The molecule has 0 bridgehead atoms. The van der Waals surface area contributed by atoms with Crippen LogP contribution in [0.5, 0.6) is 0 Å². The van der Waals surface area contributed by atoms with Crippen molar-refractivity contribution in [1.29, 1.82) is 0 Å². The highest BCUT2D eigenvalue weighted by Gasteiger charge is 1.80. The van der Waals surface area contributed by atoms with Gasteiger partial charge in [-0.05, 0) is 40.0 Å². The summed E-state index contributed by atoms with van der Waals surface area (Å²) in [6, 6.07) is 0. The van der Waals surface area contributed by atoms with Crippen molar-refractivity contribution < 1.29 is 0 Å². The van der Waals surface area contributed by atoms with Gasteiger partial charge in [0.15, 0.2) is 0 Å². The Balaban J connectivity index is 3.27. The van der Waals surface area contributed by atoms with Gasteiger partial charge in [-0.25, -0.2) is 0 Å². The predicted molar refractivity (Wildman–Crippen MR) is 57.2 cm³/mol. The zero-order valence-electron chi connectivity index (χ0n) is 8.51. The Kier molecular flexibility index (Phi) is 7.78. The molecular formula is C12H20. The van der Waals surface area contributed by atoms with Gasteiger partial charge in [0.1, 0.15) is 0 Å². The minimum absolute atomic E-state index is 1.19. The molecule has 0 nitrogen and oxygen atoms in total. The Bertz CT molecular complexity index is 166. The van der Waals surface area contributed by atoms with E-state index >= 15 is 0 Å². The molecule has 12 heavy (non-hydrogen) atoms. The molecule has 0 aromatic heterocycles. The van der Waals surface area contributed by atoms with E-state index < -0.39 is 0 Å². The molecule has 0 spiro atoms. The molecule has 0 heterocycles. The van der Waals surface area contributed by atoms with E-state index in [1.165, 1.54) is 24.8 Å². The van der Waals surface area contributed by atoms with Gasteiger partial charge in [-0.2, -0.15) is 0 Å². The molecule has 0 aliphatic carbocycles. The molecule has 0 N–H and O–H groups in total. The fourth-order valence-electron chi connectivity index (χ4n) is 0.912. The van der Waals surface area contributed by atoms with Crippen molar-refractivity contribution in [3.63, 3.8) is 0 Å². The molecule has 68 valence electrons. The van der Waals surface area contributed by atoms with Crippen LogP contribution in [0.4, 0.5) is 0 Å². The van der Waals surface area contributed by atoms with Crippen LogP contribution < -0.4 is 0 Å². The maximum Gasteiger partial charge on any atom is -0.0345 e. The van der Waals surface area contributed by atoms with Crippen molar-refractivity contribution >= 4 is 0 Å². The Labute approximate surface area is 76.7 Å². The van der Waals surface area contributed by atoms with Crippen LogP contribution in [0, 0.1) is 0 Å². The van der Waals surface area contributed by atoms with E-state index in [1.54, 1.807) is 0 Å². The summed E-state index contributed by atoms with van der Waals surface area (Å²) in [5.74, 6) is 0. The maximum atomic E-state index is 2.30. The first-order valence-corrected chi connectivity index (χ1v) is 4.68. The normalized spacial score (nSPS) is 11.2. The van der Waals surface area contributed by atoms with Crippen LogP contribution in [-0.4, -0.2) is 0 Å². The molecule has 0 aliphatic heterocycles. The van der Waals surface area contributed by atoms with Crippen LogP contribution >= 0.6 is 0 Å². The summed E-state index contributed by atoms with van der Waals surface area (Å²) < 4.78 is 0. The van der Waals surface area contributed by atoms with E-state index in [-0.39, 0.29) is 0 Å². The summed E-state index contributed by atoms with van der Waals surface area (Å²) in [4.78, 5) is 0. The molecule has 0 heteroatoms. The van der Waals surface area contributed by atoms with E-state index in [0.717, 1.165) is 0 Å². The van der Waals surface area contributed by atoms with Crippen LogP contribution in [0.25, 0.3) is 0 Å². The fourth-order valence-corrected chi connectivity index (χ4v) is 0.912. The van der Waals surface area contributed by atoms with E-state index in [9.17, 15) is 0 Å². The molecule has 0 radical (unpaired) electrons. The van der Waals surface area contributed by atoms with Gasteiger partial charge in [0.25, 0.3) is 0 Å². The number of rotatable bonds is 5. The summed E-state index contributed by atoms with van der Waals surface area (Å²) in [7, 11) is 0. The summed E-state index contributed by atoms with van der Waals surface area (Å²) in [5, 5.41) is 0. The van der Waals surface area contributed by atoms with Gasteiger partial charge in [0, 0.05) is 0 Å². The van der Waals surface area contributed by atoms with Crippen LogP contribution in [0.1, 0.15) is 40.0 Å². The highest BCUT2D eigenvalue weighted by Crippen LogP contribution is 2.01. The van der Waals surface area contributed by atoms with E-state index in [4.69, 9.17) is 0 Å². The van der Waals surface area contributed by atoms with E-state index in [2.05, 4.69) is 38.2 Å². The molecule has 0 saturated heterocycles. The number of hydrogen-bond acceptors (Lipinski definition) is 0. The van der Waals surface area contributed by atoms with E-state index in [1.807, 2.05) is 13.0 Å². The quantitative estimate of drug-likeness (QED) is 0.323. The smallest absolute Gasteiger partial charge is 0.0345 e. The number of allylic oxidation sites excluding steroid dienone is 6. The van der Waals surface area contributed by atoms with Gasteiger partial charge >= 0.3 is 0 Å². The lowest BCUT2D eigenvalue weighted by Gasteiger charge is -1.91. The number of hydrogen-bond donors (Lipinski definition) is 0. The second kappa shape index (κ2) is 8.32. The molecule has 0 amide bonds. The molecule has 0 fully saturated rings. The lowest BCUT2D eigenvalue weighted by Crippen LogP contribution is -1.70. The SMILES string of the molecule is C/C=C/C=C/CCCC=C(C)C. The lowest BCUT2D eigenvalue weighted by atomic mass is 10.2. The minimum Gasteiger partial charge on any atom is -0.0877 e. The van der Waals surface area contributed by atoms with Gasteiger partial charge in [-0.15, -0.1) is 0 Å².